The first-order chi connectivity index (χ1) is 11.8. The van der Waals surface area contributed by atoms with Crippen molar-refractivity contribution in [2.75, 3.05) is 18.8 Å². The second-order valence-corrected chi connectivity index (χ2v) is 7.07. The Hall–Kier alpha value is -2.70. The van der Waals surface area contributed by atoms with Crippen LogP contribution in [-0.2, 0) is 4.74 Å². The van der Waals surface area contributed by atoms with Crippen LogP contribution in [0.25, 0.3) is 11.3 Å². The van der Waals surface area contributed by atoms with E-state index in [2.05, 4.69) is 5.16 Å². The van der Waals surface area contributed by atoms with Gasteiger partial charge in [0.25, 0.3) is 0 Å². The molecular weight excluding hydrogens is 322 g/mol. The Bertz CT molecular complexity index is 751. The van der Waals surface area contributed by atoms with Crippen LogP contribution in [0.5, 0.6) is 5.75 Å². The highest BCUT2D eigenvalue weighted by Crippen LogP contribution is 2.32. The first-order valence-corrected chi connectivity index (χ1v) is 8.28. The summed E-state index contributed by atoms with van der Waals surface area (Å²) in [6.45, 7) is 6.66. The van der Waals surface area contributed by atoms with E-state index in [0.29, 0.717) is 30.4 Å². The van der Waals surface area contributed by atoms with Crippen molar-refractivity contribution in [3.8, 4) is 17.1 Å². The van der Waals surface area contributed by atoms with Crippen molar-refractivity contribution in [2.45, 2.75) is 38.9 Å². The third kappa shape index (κ3) is 4.23. The van der Waals surface area contributed by atoms with Crippen molar-refractivity contribution in [1.29, 1.82) is 0 Å². The number of carbonyl (C=O) groups is 1. The number of benzene rings is 1. The molecule has 25 heavy (non-hydrogen) atoms. The van der Waals surface area contributed by atoms with E-state index in [1.807, 2.05) is 45.0 Å². The first kappa shape index (κ1) is 17.1. The summed E-state index contributed by atoms with van der Waals surface area (Å²) in [5.41, 5.74) is 5.90. The van der Waals surface area contributed by atoms with Crippen molar-refractivity contribution in [3.63, 3.8) is 0 Å². The van der Waals surface area contributed by atoms with Crippen LogP contribution in [0.3, 0.4) is 0 Å². The first-order valence-electron chi connectivity index (χ1n) is 8.28. The summed E-state index contributed by atoms with van der Waals surface area (Å²) in [5, 5.41) is 3.71. The predicted octanol–water partition coefficient (Wildman–Crippen LogP) is 3.31. The van der Waals surface area contributed by atoms with Gasteiger partial charge in [0, 0.05) is 19.0 Å². The van der Waals surface area contributed by atoms with E-state index in [4.69, 9.17) is 19.7 Å². The van der Waals surface area contributed by atoms with E-state index in [1.165, 1.54) is 0 Å². The SMILES string of the molecule is CC(C)(C)OC(=O)N1CCC(Oc2ccccc2-c2cc(N)no2)C1. The van der Waals surface area contributed by atoms with Gasteiger partial charge in [-0.3, -0.25) is 0 Å². The molecule has 7 nitrogen and oxygen atoms in total. The molecule has 7 heteroatoms. The summed E-state index contributed by atoms with van der Waals surface area (Å²) in [7, 11) is 0. The second-order valence-electron chi connectivity index (χ2n) is 7.07. The summed E-state index contributed by atoms with van der Waals surface area (Å²) < 4.78 is 16.7. The zero-order valence-corrected chi connectivity index (χ0v) is 14.7. The molecule has 0 bridgehead atoms. The van der Waals surface area contributed by atoms with Crippen LogP contribution in [0, 0.1) is 0 Å². The average molecular weight is 345 g/mol. The molecule has 0 radical (unpaired) electrons. The standard InChI is InChI=1S/C18H23N3O4/c1-18(2,3)24-17(22)21-9-8-12(11-21)23-14-7-5-4-6-13(14)15-10-16(19)20-25-15/h4-7,10,12H,8-9,11H2,1-3H3,(H2,19,20). The average Bonchev–Trinajstić information content (AvgIpc) is 3.15. The van der Waals surface area contributed by atoms with E-state index in [0.717, 1.165) is 12.0 Å². The fraction of sp³-hybridized carbons (Fsp3) is 0.444. The molecule has 2 heterocycles. The molecule has 0 aliphatic carbocycles. The molecule has 1 aromatic carbocycles. The largest absolute Gasteiger partial charge is 0.488 e. The minimum absolute atomic E-state index is 0.103. The Morgan fingerprint density at radius 1 is 1.36 bits per heavy atom. The van der Waals surface area contributed by atoms with Crippen LogP contribution < -0.4 is 10.5 Å². The van der Waals surface area contributed by atoms with Gasteiger partial charge in [0.1, 0.15) is 17.5 Å². The summed E-state index contributed by atoms with van der Waals surface area (Å²) in [4.78, 5) is 13.8. The minimum atomic E-state index is -0.505. The molecule has 1 saturated heterocycles. The highest BCUT2D eigenvalue weighted by molar-refractivity contribution is 5.69. The van der Waals surface area contributed by atoms with Crippen molar-refractivity contribution in [2.24, 2.45) is 0 Å². The molecule has 1 fully saturated rings. The number of hydrogen-bond donors (Lipinski definition) is 1. The fourth-order valence-corrected chi connectivity index (χ4v) is 2.69. The molecule has 3 rings (SSSR count). The number of rotatable bonds is 3. The summed E-state index contributed by atoms with van der Waals surface area (Å²) >= 11 is 0. The van der Waals surface area contributed by atoms with E-state index >= 15 is 0 Å². The van der Waals surface area contributed by atoms with Gasteiger partial charge in [0.15, 0.2) is 11.6 Å². The Morgan fingerprint density at radius 3 is 2.80 bits per heavy atom. The molecule has 1 aliphatic rings. The number of nitrogens with two attached hydrogens (primary N) is 1. The number of carbonyl (C=O) groups excluding carboxylic acids is 1. The van der Waals surface area contributed by atoms with Gasteiger partial charge in [0.2, 0.25) is 0 Å². The number of nitrogen functional groups attached to an aromatic ring is 1. The lowest BCUT2D eigenvalue weighted by atomic mass is 10.1. The third-order valence-electron chi connectivity index (χ3n) is 3.77. The number of nitrogens with zero attached hydrogens (tertiary/aromatic N) is 2. The van der Waals surface area contributed by atoms with E-state index in [9.17, 15) is 4.79 Å². The number of anilines is 1. The lowest BCUT2D eigenvalue weighted by Crippen LogP contribution is -2.36. The number of hydrogen-bond acceptors (Lipinski definition) is 6. The van der Waals surface area contributed by atoms with Crippen LogP contribution in [0.4, 0.5) is 10.6 Å². The summed E-state index contributed by atoms with van der Waals surface area (Å²) in [5.74, 6) is 1.55. The Balaban J connectivity index is 1.67. The van der Waals surface area contributed by atoms with Gasteiger partial charge in [0.05, 0.1) is 12.1 Å². The number of para-hydroxylation sites is 1. The van der Waals surface area contributed by atoms with Crippen LogP contribution in [-0.4, -0.2) is 40.9 Å². The quantitative estimate of drug-likeness (QED) is 0.918. The van der Waals surface area contributed by atoms with E-state index in [-0.39, 0.29) is 12.2 Å². The molecule has 1 atom stereocenters. The molecule has 2 N–H and O–H groups in total. The zero-order chi connectivity index (χ0) is 18.0. The maximum absolute atomic E-state index is 12.2. The predicted molar refractivity (Wildman–Crippen MR) is 93.2 cm³/mol. The van der Waals surface area contributed by atoms with Gasteiger partial charge in [-0.25, -0.2) is 4.79 Å². The van der Waals surface area contributed by atoms with Gasteiger partial charge >= 0.3 is 6.09 Å². The molecule has 0 spiro atoms. The van der Waals surface area contributed by atoms with E-state index < -0.39 is 5.60 Å². The van der Waals surface area contributed by atoms with Crippen LogP contribution in [0.1, 0.15) is 27.2 Å². The normalized spacial score (nSPS) is 17.6. The second kappa shape index (κ2) is 6.66. The van der Waals surface area contributed by atoms with Crippen LogP contribution >= 0.6 is 0 Å². The Labute approximate surface area is 146 Å². The smallest absolute Gasteiger partial charge is 0.410 e. The van der Waals surface area contributed by atoms with Crippen LogP contribution in [0.15, 0.2) is 34.9 Å². The molecule has 1 unspecified atom stereocenters. The Morgan fingerprint density at radius 2 is 2.12 bits per heavy atom. The molecule has 0 saturated carbocycles. The topological polar surface area (TPSA) is 90.8 Å². The minimum Gasteiger partial charge on any atom is -0.488 e. The van der Waals surface area contributed by atoms with Crippen molar-refractivity contribution >= 4 is 11.9 Å². The summed E-state index contributed by atoms with van der Waals surface area (Å²) in [6.07, 6.45) is 0.329. The maximum atomic E-state index is 12.2. The number of likely N-dealkylation sites (tertiary alicyclic amines) is 1. The van der Waals surface area contributed by atoms with Gasteiger partial charge in [-0.1, -0.05) is 17.3 Å². The van der Waals surface area contributed by atoms with E-state index in [1.54, 1.807) is 11.0 Å². The van der Waals surface area contributed by atoms with Crippen molar-refractivity contribution in [3.05, 3.63) is 30.3 Å². The third-order valence-corrected chi connectivity index (χ3v) is 3.77. The summed E-state index contributed by atoms with van der Waals surface area (Å²) in [6, 6.07) is 9.19. The lowest BCUT2D eigenvalue weighted by molar-refractivity contribution is 0.0276. The van der Waals surface area contributed by atoms with Gasteiger partial charge in [-0.2, -0.15) is 0 Å². The molecule has 1 aliphatic heterocycles. The monoisotopic (exact) mass is 345 g/mol. The van der Waals surface area contributed by atoms with Crippen molar-refractivity contribution < 1.29 is 18.8 Å². The number of amides is 1. The molecule has 1 amide bonds. The molecule has 1 aromatic heterocycles. The highest BCUT2D eigenvalue weighted by atomic mass is 16.6. The molecule has 2 aromatic rings. The fourth-order valence-electron chi connectivity index (χ4n) is 2.69. The van der Waals surface area contributed by atoms with Gasteiger partial charge in [-0.05, 0) is 32.9 Å². The van der Waals surface area contributed by atoms with Gasteiger partial charge < -0.3 is 24.6 Å². The Kier molecular flexibility index (Phi) is 4.57. The zero-order valence-electron chi connectivity index (χ0n) is 14.7. The maximum Gasteiger partial charge on any atom is 0.410 e. The molecule has 134 valence electrons. The highest BCUT2D eigenvalue weighted by Gasteiger charge is 2.31. The lowest BCUT2D eigenvalue weighted by Gasteiger charge is -2.24. The molecular formula is C18H23N3O4. The van der Waals surface area contributed by atoms with Crippen LogP contribution in [0.2, 0.25) is 0 Å². The van der Waals surface area contributed by atoms with Crippen molar-refractivity contribution in [1.82, 2.24) is 10.1 Å². The number of aromatic nitrogens is 1. The van der Waals surface area contributed by atoms with Gasteiger partial charge in [-0.15, -0.1) is 0 Å². The number of ether oxygens (including phenoxy) is 2.